The van der Waals surface area contributed by atoms with Gasteiger partial charge in [0.25, 0.3) is 0 Å². The summed E-state index contributed by atoms with van der Waals surface area (Å²) in [5.74, 6) is 2.10. The van der Waals surface area contributed by atoms with E-state index in [1.54, 1.807) is 7.11 Å². The lowest BCUT2D eigenvalue weighted by Gasteiger charge is -2.29. The van der Waals surface area contributed by atoms with E-state index in [2.05, 4.69) is 74.4 Å². The maximum atomic E-state index is 5.38. The first-order valence-corrected chi connectivity index (χ1v) is 8.46. The quantitative estimate of drug-likeness (QED) is 0.706. The van der Waals surface area contributed by atoms with Gasteiger partial charge in [0.05, 0.1) is 7.11 Å². The molecule has 0 aliphatic carbocycles. The Morgan fingerprint density at radius 2 is 1.74 bits per heavy atom. The van der Waals surface area contributed by atoms with Gasteiger partial charge in [0.1, 0.15) is 5.75 Å². The van der Waals surface area contributed by atoms with Crippen molar-refractivity contribution in [3.05, 3.63) is 65.7 Å². The lowest BCUT2D eigenvalue weighted by atomic mass is 9.80. The molecule has 0 heterocycles. The van der Waals surface area contributed by atoms with Crippen LogP contribution >= 0.6 is 0 Å². The summed E-state index contributed by atoms with van der Waals surface area (Å²) in [5, 5.41) is 0. The molecule has 124 valence electrons. The molecule has 0 aromatic heterocycles. The van der Waals surface area contributed by atoms with Gasteiger partial charge >= 0.3 is 0 Å². The first kappa shape index (κ1) is 17.6. The zero-order chi connectivity index (χ0) is 16.7. The third-order valence-electron chi connectivity index (χ3n) is 4.47. The molecule has 2 aromatic carbocycles. The Bertz CT molecular complexity index is 579. The summed E-state index contributed by atoms with van der Waals surface area (Å²) in [4.78, 5) is 2.30. The summed E-state index contributed by atoms with van der Waals surface area (Å²) in [6.07, 6.45) is 2.23. The molecule has 2 unspecified atom stereocenters. The molecule has 2 nitrogen and oxygen atoms in total. The molecule has 0 radical (unpaired) electrons. The summed E-state index contributed by atoms with van der Waals surface area (Å²) >= 11 is 0. The number of ether oxygens (including phenoxy) is 1. The third kappa shape index (κ3) is 5.11. The van der Waals surface area contributed by atoms with Gasteiger partial charge in [-0.15, -0.1) is 0 Å². The second-order valence-corrected chi connectivity index (χ2v) is 6.50. The number of rotatable bonds is 8. The Morgan fingerprint density at radius 1 is 1.00 bits per heavy atom. The third-order valence-corrected chi connectivity index (χ3v) is 4.47. The van der Waals surface area contributed by atoms with Crippen molar-refractivity contribution in [2.24, 2.45) is 5.92 Å². The highest BCUT2D eigenvalue weighted by Crippen LogP contribution is 2.31. The summed E-state index contributed by atoms with van der Waals surface area (Å²) < 4.78 is 5.38. The maximum absolute atomic E-state index is 5.38. The van der Waals surface area contributed by atoms with Crippen LogP contribution in [0.5, 0.6) is 5.75 Å². The van der Waals surface area contributed by atoms with Crippen LogP contribution in [0.2, 0.25) is 0 Å². The average Bonchev–Trinajstić information content (AvgIpc) is 2.56. The molecule has 2 heteroatoms. The van der Waals surface area contributed by atoms with Gasteiger partial charge in [0.2, 0.25) is 0 Å². The van der Waals surface area contributed by atoms with E-state index in [-0.39, 0.29) is 0 Å². The van der Waals surface area contributed by atoms with Gasteiger partial charge in [-0.3, -0.25) is 0 Å². The van der Waals surface area contributed by atoms with Gasteiger partial charge < -0.3 is 9.64 Å². The smallest absolute Gasteiger partial charge is 0.119 e. The molecule has 0 fully saturated rings. The molecule has 0 aliphatic heterocycles. The van der Waals surface area contributed by atoms with E-state index in [4.69, 9.17) is 4.74 Å². The SMILES string of the molecule is CCC(c1ccccc1)C(Cc1cccc(OC)c1)CN(C)C. The standard InChI is InChI=1S/C21H29NO/c1-5-21(18-11-7-6-8-12-18)19(16-22(2)3)14-17-10-9-13-20(15-17)23-4/h6-13,15,19,21H,5,14,16H2,1-4H3. The number of benzene rings is 2. The number of hydrogen-bond acceptors (Lipinski definition) is 2. The summed E-state index contributed by atoms with van der Waals surface area (Å²) in [5.41, 5.74) is 2.80. The van der Waals surface area contributed by atoms with Gasteiger partial charge in [-0.2, -0.15) is 0 Å². The Balaban J connectivity index is 2.24. The van der Waals surface area contributed by atoms with E-state index < -0.39 is 0 Å². The Hall–Kier alpha value is -1.80. The average molecular weight is 311 g/mol. The predicted molar refractivity (Wildman–Crippen MR) is 98.2 cm³/mol. The summed E-state index contributed by atoms with van der Waals surface area (Å²) in [6, 6.07) is 19.4. The maximum Gasteiger partial charge on any atom is 0.119 e. The van der Waals surface area contributed by atoms with Crippen molar-refractivity contribution in [1.29, 1.82) is 0 Å². The van der Waals surface area contributed by atoms with Crippen LogP contribution in [0, 0.1) is 5.92 Å². The highest BCUT2D eigenvalue weighted by atomic mass is 16.5. The highest BCUT2D eigenvalue weighted by molar-refractivity contribution is 5.29. The topological polar surface area (TPSA) is 12.5 Å². The minimum atomic E-state index is 0.574. The normalized spacial score (nSPS) is 13.8. The fourth-order valence-corrected chi connectivity index (χ4v) is 3.45. The fourth-order valence-electron chi connectivity index (χ4n) is 3.45. The molecule has 0 saturated carbocycles. The minimum absolute atomic E-state index is 0.574. The Kier molecular flexibility index (Phi) is 6.66. The predicted octanol–water partition coefficient (Wildman–Crippen LogP) is 4.61. The largest absolute Gasteiger partial charge is 0.497 e. The van der Waals surface area contributed by atoms with Crippen molar-refractivity contribution in [3.63, 3.8) is 0 Å². The van der Waals surface area contributed by atoms with Gasteiger partial charge in [0.15, 0.2) is 0 Å². The first-order valence-electron chi connectivity index (χ1n) is 8.46. The van der Waals surface area contributed by atoms with Gasteiger partial charge in [-0.05, 0) is 62.0 Å². The molecule has 0 saturated heterocycles. The molecule has 0 aliphatic rings. The highest BCUT2D eigenvalue weighted by Gasteiger charge is 2.22. The van der Waals surface area contributed by atoms with Crippen LogP contribution in [0.25, 0.3) is 0 Å². The zero-order valence-corrected chi connectivity index (χ0v) is 14.8. The monoisotopic (exact) mass is 311 g/mol. The summed E-state index contributed by atoms with van der Waals surface area (Å²) in [7, 11) is 6.06. The molecule has 0 spiro atoms. The van der Waals surface area contributed by atoms with E-state index >= 15 is 0 Å². The van der Waals surface area contributed by atoms with Crippen molar-refractivity contribution in [1.82, 2.24) is 4.90 Å². The molecule has 2 rings (SSSR count). The fraction of sp³-hybridized carbons (Fsp3) is 0.429. The molecular formula is C21H29NO. The number of methoxy groups -OCH3 is 1. The van der Waals surface area contributed by atoms with E-state index in [0.29, 0.717) is 11.8 Å². The van der Waals surface area contributed by atoms with Gasteiger partial charge in [0, 0.05) is 6.54 Å². The Labute approximate surface area is 141 Å². The summed E-state index contributed by atoms with van der Waals surface area (Å²) in [6.45, 7) is 3.39. The number of nitrogens with zero attached hydrogens (tertiary/aromatic N) is 1. The lowest BCUT2D eigenvalue weighted by Crippen LogP contribution is -2.28. The van der Waals surface area contributed by atoms with E-state index in [9.17, 15) is 0 Å². The van der Waals surface area contributed by atoms with Crippen LogP contribution in [0.3, 0.4) is 0 Å². The number of hydrogen-bond donors (Lipinski definition) is 0. The van der Waals surface area contributed by atoms with Gasteiger partial charge in [-0.25, -0.2) is 0 Å². The van der Waals surface area contributed by atoms with E-state index in [1.807, 2.05) is 6.07 Å². The molecular weight excluding hydrogens is 282 g/mol. The van der Waals surface area contributed by atoms with Crippen molar-refractivity contribution in [2.45, 2.75) is 25.7 Å². The van der Waals surface area contributed by atoms with Crippen molar-refractivity contribution in [2.75, 3.05) is 27.7 Å². The van der Waals surface area contributed by atoms with Crippen LogP contribution in [-0.4, -0.2) is 32.6 Å². The van der Waals surface area contributed by atoms with Gasteiger partial charge in [-0.1, -0.05) is 49.4 Å². The molecule has 23 heavy (non-hydrogen) atoms. The first-order chi connectivity index (χ1) is 11.1. The van der Waals surface area contributed by atoms with Crippen molar-refractivity contribution >= 4 is 0 Å². The van der Waals surface area contributed by atoms with Crippen LogP contribution in [-0.2, 0) is 6.42 Å². The second kappa shape index (κ2) is 8.73. The molecule has 0 bridgehead atoms. The van der Waals surface area contributed by atoms with Crippen LogP contribution in [0.4, 0.5) is 0 Å². The lowest BCUT2D eigenvalue weighted by molar-refractivity contribution is 0.282. The van der Waals surface area contributed by atoms with E-state index in [1.165, 1.54) is 11.1 Å². The van der Waals surface area contributed by atoms with Crippen LogP contribution in [0.1, 0.15) is 30.4 Å². The minimum Gasteiger partial charge on any atom is -0.497 e. The van der Waals surface area contributed by atoms with E-state index in [0.717, 1.165) is 25.1 Å². The molecule has 0 amide bonds. The Morgan fingerprint density at radius 3 is 2.35 bits per heavy atom. The second-order valence-electron chi connectivity index (χ2n) is 6.50. The zero-order valence-electron chi connectivity index (χ0n) is 14.8. The van der Waals surface area contributed by atoms with Crippen molar-refractivity contribution < 1.29 is 4.74 Å². The molecule has 0 N–H and O–H groups in total. The van der Waals surface area contributed by atoms with Crippen LogP contribution in [0.15, 0.2) is 54.6 Å². The van der Waals surface area contributed by atoms with Crippen molar-refractivity contribution in [3.8, 4) is 5.75 Å². The van der Waals surface area contributed by atoms with Crippen LogP contribution < -0.4 is 4.74 Å². The molecule has 2 aromatic rings. The molecule has 2 atom stereocenters.